The van der Waals surface area contributed by atoms with Crippen LogP contribution in [0.1, 0.15) is 69.8 Å². The Morgan fingerprint density at radius 3 is 2.30 bits per heavy atom. The minimum absolute atomic E-state index is 0.0138. The molecule has 0 spiro atoms. The number of fused-ring (bicyclic) bond motifs is 1. The molecule has 204 valence electrons. The molecular formula is C32H33N5O3. The van der Waals surface area contributed by atoms with Gasteiger partial charge in [0.2, 0.25) is 5.95 Å². The van der Waals surface area contributed by atoms with Crippen LogP contribution < -0.4 is 16.4 Å². The van der Waals surface area contributed by atoms with Crippen LogP contribution in [0.3, 0.4) is 0 Å². The van der Waals surface area contributed by atoms with Gasteiger partial charge in [0, 0.05) is 28.8 Å². The molecule has 0 radical (unpaired) electrons. The first kappa shape index (κ1) is 26.9. The van der Waals surface area contributed by atoms with Crippen LogP contribution in [0.5, 0.6) is 0 Å². The molecule has 3 aromatic carbocycles. The van der Waals surface area contributed by atoms with Gasteiger partial charge in [0.25, 0.3) is 5.91 Å². The molecule has 2 heterocycles. The van der Waals surface area contributed by atoms with E-state index in [1.807, 2.05) is 61.5 Å². The summed E-state index contributed by atoms with van der Waals surface area (Å²) in [6.07, 6.45) is 0.638. The van der Waals surface area contributed by atoms with Crippen molar-refractivity contribution in [2.75, 3.05) is 23.5 Å². The summed E-state index contributed by atoms with van der Waals surface area (Å²) < 4.78 is 4.80. The minimum atomic E-state index is -0.375. The van der Waals surface area contributed by atoms with Crippen molar-refractivity contribution >= 4 is 29.3 Å². The number of amides is 1. The second kappa shape index (κ2) is 10.4. The van der Waals surface area contributed by atoms with E-state index in [2.05, 4.69) is 41.4 Å². The van der Waals surface area contributed by atoms with Crippen molar-refractivity contribution in [2.24, 2.45) is 0 Å². The van der Waals surface area contributed by atoms with Gasteiger partial charge in [-0.3, -0.25) is 4.79 Å². The molecule has 1 aliphatic rings. The summed E-state index contributed by atoms with van der Waals surface area (Å²) in [5.41, 5.74) is 13.5. The smallest absolute Gasteiger partial charge is 0.337 e. The fourth-order valence-corrected chi connectivity index (χ4v) is 4.97. The number of carbonyl (C=O) groups excluding carboxylic acids is 2. The predicted octanol–water partition coefficient (Wildman–Crippen LogP) is 6.08. The summed E-state index contributed by atoms with van der Waals surface area (Å²) >= 11 is 0. The molecule has 5 rings (SSSR count). The average molecular weight is 536 g/mol. The van der Waals surface area contributed by atoms with Gasteiger partial charge < -0.3 is 21.1 Å². The van der Waals surface area contributed by atoms with Crippen molar-refractivity contribution in [3.63, 3.8) is 0 Å². The van der Waals surface area contributed by atoms with Gasteiger partial charge in [-0.25, -0.2) is 9.78 Å². The van der Waals surface area contributed by atoms with Crippen LogP contribution in [0.25, 0.3) is 11.3 Å². The maximum Gasteiger partial charge on any atom is 0.337 e. The maximum absolute atomic E-state index is 13.1. The number of rotatable bonds is 5. The van der Waals surface area contributed by atoms with Crippen molar-refractivity contribution in [1.82, 2.24) is 9.97 Å². The number of nitrogens with one attached hydrogen (secondary N) is 2. The van der Waals surface area contributed by atoms with E-state index < -0.39 is 0 Å². The first-order chi connectivity index (χ1) is 19.0. The van der Waals surface area contributed by atoms with Crippen molar-refractivity contribution in [3.8, 4) is 11.3 Å². The maximum atomic E-state index is 13.1. The average Bonchev–Trinajstić information content (AvgIpc) is 3.37. The molecule has 1 unspecified atom stereocenters. The highest BCUT2D eigenvalue weighted by Gasteiger charge is 2.29. The van der Waals surface area contributed by atoms with E-state index in [9.17, 15) is 9.59 Å². The number of ether oxygens (including phenoxy) is 1. The number of aromatic nitrogens is 2. The fraction of sp³-hybridized carbons (Fsp3) is 0.250. The van der Waals surface area contributed by atoms with Crippen molar-refractivity contribution in [3.05, 3.63) is 100 Å². The first-order valence-electron chi connectivity index (χ1n) is 13.2. The Labute approximate surface area is 234 Å². The summed E-state index contributed by atoms with van der Waals surface area (Å²) in [5, 5.41) is 6.51. The number of nitrogens with zero attached hydrogens (tertiary/aromatic N) is 2. The van der Waals surface area contributed by atoms with Crippen LogP contribution in [0.15, 0.2) is 66.7 Å². The number of anilines is 3. The van der Waals surface area contributed by atoms with Crippen molar-refractivity contribution in [2.45, 2.75) is 45.6 Å². The van der Waals surface area contributed by atoms with Crippen LogP contribution in [-0.4, -0.2) is 29.0 Å². The molecule has 0 aliphatic carbocycles. The van der Waals surface area contributed by atoms with E-state index in [-0.39, 0.29) is 29.3 Å². The van der Waals surface area contributed by atoms with Crippen molar-refractivity contribution in [1.29, 1.82) is 0 Å². The Hall–Kier alpha value is -4.72. The van der Waals surface area contributed by atoms with Gasteiger partial charge in [-0.2, -0.15) is 4.98 Å². The number of hydrogen-bond acceptors (Lipinski definition) is 7. The second-order valence-electron chi connectivity index (χ2n) is 11.0. The van der Waals surface area contributed by atoms with Gasteiger partial charge in [0.05, 0.1) is 24.4 Å². The molecule has 1 aromatic heterocycles. The zero-order valence-electron chi connectivity index (χ0n) is 23.3. The Balaban J connectivity index is 1.41. The van der Waals surface area contributed by atoms with Crippen LogP contribution >= 0.6 is 0 Å². The lowest BCUT2D eigenvalue weighted by atomic mass is 9.86. The Morgan fingerprint density at radius 1 is 0.975 bits per heavy atom. The second-order valence-corrected chi connectivity index (χ2v) is 11.0. The van der Waals surface area contributed by atoms with E-state index in [4.69, 9.17) is 10.5 Å². The van der Waals surface area contributed by atoms with E-state index in [1.54, 1.807) is 12.1 Å². The molecule has 0 saturated carbocycles. The van der Waals surface area contributed by atoms with Gasteiger partial charge in [0.15, 0.2) is 0 Å². The molecular weight excluding hydrogens is 502 g/mol. The molecule has 1 aliphatic heterocycles. The number of carbonyl (C=O) groups is 2. The first-order valence-corrected chi connectivity index (χ1v) is 13.2. The molecule has 1 amide bonds. The van der Waals surface area contributed by atoms with Gasteiger partial charge in [-0.15, -0.1) is 0 Å². The largest absolute Gasteiger partial charge is 0.465 e. The summed E-state index contributed by atoms with van der Waals surface area (Å²) in [5.74, 6) is 0.290. The lowest BCUT2D eigenvalue weighted by molar-refractivity contribution is 0.0600. The number of nitrogens with two attached hydrogens (primary N) is 1. The third-order valence-electron chi connectivity index (χ3n) is 7.33. The number of hydrogen-bond donors (Lipinski definition) is 3. The van der Waals surface area contributed by atoms with Gasteiger partial charge in [-0.05, 0) is 59.4 Å². The third-order valence-corrected chi connectivity index (χ3v) is 7.33. The molecule has 0 fully saturated rings. The molecule has 40 heavy (non-hydrogen) atoms. The number of methoxy groups -OCH3 is 1. The van der Waals surface area contributed by atoms with E-state index >= 15 is 0 Å². The number of benzene rings is 3. The molecule has 0 bridgehead atoms. The van der Waals surface area contributed by atoms with Gasteiger partial charge in [-0.1, -0.05) is 57.2 Å². The molecule has 1 atom stereocenters. The normalized spacial score (nSPS) is 14.3. The van der Waals surface area contributed by atoms with E-state index in [0.29, 0.717) is 29.1 Å². The lowest BCUT2D eigenvalue weighted by Crippen LogP contribution is -2.15. The molecule has 8 nitrogen and oxygen atoms in total. The zero-order valence-corrected chi connectivity index (χ0v) is 23.3. The molecule has 8 heteroatoms. The Bertz CT molecular complexity index is 1590. The summed E-state index contributed by atoms with van der Waals surface area (Å²) in [7, 11) is 1.36. The van der Waals surface area contributed by atoms with Gasteiger partial charge in [0.1, 0.15) is 5.82 Å². The Morgan fingerprint density at radius 2 is 1.65 bits per heavy atom. The number of nitrogen functional groups attached to an aromatic ring is 1. The highest BCUT2D eigenvalue weighted by Crippen LogP contribution is 2.40. The van der Waals surface area contributed by atoms with E-state index in [1.165, 1.54) is 12.7 Å². The zero-order chi connectivity index (χ0) is 28.6. The quantitative estimate of drug-likeness (QED) is 0.265. The highest BCUT2D eigenvalue weighted by molar-refractivity contribution is 6.05. The standard InChI is InChI=1S/C32H33N5O3/c1-18-23(7-6-8-25(18)35-29(38)20-13-15-22(16-14-20)32(2,3)4)27-24-17-26(34-28(24)37-31(33)36-27)19-9-11-21(12-10-19)30(39)40-5/h6-16,26H,17H2,1-5H3,(H,35,38)(H3,33,34,36,37). The molecule has 0 saturated heterocycles. The summed E-state index contributed by atoms with van der Waals surface area (Å²) in [6.45, 7) is 8.40. The van der Waals surface area contributed by atoms with Crippen LogP contribution in [-0.2, 0) is 16.6 Å². The highest BCUT2D eigenvalue weighted by atomic mass is 16.5. The third kappa shape index (κ3) is 5.25. The Kier molecular flexibility index (Phi) is 7.02. The number of esters is 1. The molecule has 4 aromatic rings. The lowest BCUT2D eigenvalue weighted by Gasteiger charge is -2.19. The van der Waals surface area contributed by atoms with Crippen LogP contribution in [0.2, 0.25) is 0 Å². The SMILES string of the molecule is COC(=O)c1ccc(C2Cc3c(nc(N)nc3-c3cccc(NC(=O)c4ccc(C(C)(C)C)cc4)c3C)N2)cc1. The minimum Gasteiger partial charge on any atom is -0.465 e. The molecule has 4 N–H and O–H groups in total. The topological polar surface area (TPSA) is 119 Å². The van der Waals surface area contributed by atoms with E-state index in [0.717, 1.165) is 27.9 Å². The van der Waals surface area contributed by atoms with Crippen LogP contribution in [0.4, 0.5) is 17.5 Å². The predicted molar refractivity (Wildman–Crippen MR) is 158 cm³/mol. The van der Waals surface area contributed by atoms with Crippen LogP contribution in [0, 0.1) is 6.92 Å². The van der Waals surface area contributed by atoms with Gasteiger partial charge >= 0.3 is 5.97 Å². The monoisotopic (exact) mass is 535 g/mol. The fourth-order valence-electron chi connectivity index (χ4n) is 4.97. The summed E-state index contributed by atoms with van der Waals surface area (Å²) in [4.78, 5) is 34.0. The van der Waals surface area contributed by atoms with Crippen molar-refractivity contribution < 1.29 is 14.3 Å². The summed E-state index contributed by atoms with van der Waals surface area (Å²) in [6, 6.07) is 20.7.